The van der Waals surface area contributed by atoms with E-state index >= 15 is 0 Å². The molecule has 2 atom stereocenters. The fourth-order valence-electron chi connectivity index (χ4n) is 6.05. The molecule has 1 aliphatic heterocycles. The van der Waals surface area contributed by atoms with Gasteiger partial charge in [0.1, 0.15) is 5.82 Å². The van der Waals surface area contributed by atoms with Gasteiger partial charge in [0, 0.05) is 30.0 Å². The third kappa shape index (κ3) is 4.55. The van der Waals surface area contributed by atoms with E-state index in [9.17, 15) is 20.0 Å². The molecule has 2 aliphatic rings. The van der Waals surface area contributed by atoms with Crippen molar-refractivity contribution >= 4 is 28.8 Å². The molecule has 5 rings (SSSR count). The predicted molar refractivity (Wildman–Crippen MR) is 140 cm³/mol. The number of ether oxygens (including phenoxy) is 1. The smallest absolute Gasteiger partial charge is 0.414 e. The van der Waals surface area contributed by atoms with Crippen LogP contribution in [0.1, 0.15) is 67.9 Å². The number of anilines is 1. The first-order chi connectivity index (χ1) is 17.9. The molecule has 8 nitrogen and oxygen atoms in total. The van der Waals surface area contributed by atoms with E-state index in [1.807, 2.05) is 49.4 Å². The molecule has 0 unspecified atom stereocenters. The average molecular weight is 501 g/mol. The zero-order chi connectivity index (χ0) is 26.1. The second-order valence-electron chi connectivity index (χ2n) is 10.2. The van der Waals surface area contributed by atoms with Gasteiger partial charge in [0.15, 0.2) is 0 Å². The molecule has 0 radical (unpaired) electrons. The van der Waals surface area contributed by atoms with Gasteiger partial charge in [-0.2, -0.15) is 5.26 Å². The fourth-order valence-corrected chi connectivity index (χ4v) is 6.05. The number of hydrogen-bond donors (Lipinski definition) is 1. The van der Waals surface area contributed by atoms with Crippen LogP contribution >= 0.6 is 0 Å². The third-order valence-corrected chi connectivity index (χ3v) is 8.03. The highest BCUT2D eigenvalue weighted by Crippen LogP contribution is 2.41. The summed E-state index contributed by atoms with van der Waals surface area (Å²) in [6.45, 7) is 2.01. The molecule has 1 aliphatic carbocycles. The van der Waals surface area contributed by atoms with Crippen molar-refractivity contribution in [3.05, 3.63) is 59.4 Å². The number of benzene rings is 2. The average Bonchev–Trinajstić information content (AvgIpc) is 3.30. The molecule has 2 heterocycles. The highest BCUT2D eigenvalue weighted by atomic mass is 16.5. The SMILES string of the molecule is COC(=O)N1c2ccc3c(nc(C[C@H](C(=O)O)c4ccccc4)n3C3CCC(C#N)CC3)c2CC[C@@H]1C. The lowest BCUT2D eigenvalue weighted by Crippen LogP contribution is -2.42. The number of aliphatic carboxylic acids is 1. The maximum atomic E-state index is 12.6. The van der Waals surface area contributed by atoms with Crippen molar-refractivity contribution < 1.29 is 19.4 Å². The summed E-state index contributed by atoms with van der Waals surface area (Å²) in [7, 11) is 1.39. The van der Waals surface area contributed by atoms with Crippen LogP contribution < -0.4 is 4.90 Å². The first-order valence-electron chi connectivity index (χ1n) is 13.0. The summed E-state index contributed by atoms with van der Waals surface area (Å²) in [5.74, 6) is -0.808. The second-order valence-corrected chi connectivity index (χ2v) is 10.2. The molecule has 37 heavy (non-hydrogen) atoms. The number of carboxylic acids is 1. The Bertz CT molecular complexity index is 1350. The van der Waals surface area contributed by atoms with Crippen LogP contribution in [-0.2, 0) is 22.4 Å². The highest BCUT2D eigenvalue weighted by Gasteiger charge is 2.34. The fraction of sp³-hybridized carbons (Fsp3) is 0.448. The molecule has 0 bridgehead atoms. The maximum absolute atomic E-state index is 12.6. The molecular formula is C29H32N4O4. The number of imidazole rings is 1. The van der Waals surface area contributed by atoms with Gasteiger partial charge in [-0.25, -0.2) is 9.78 Å². The van der Waals surface area contributed by atoms with Crippen LogP contribution in [0.2, 0.25) is 0 Å². The summed E-state index contributed by atoms with van der Waals surface area (Å²) < 4.78 is 7.30. The molecule has 1 fully saturated rings. The summed E-state index contributed by atoms with van der Waals surface area (Å²) in [5.41, 5.74) is 4.34. The molecular weight excluding hydrogens is 468 g/mol. The summed E-state index contributed by atoms with van der Waals surface area (Å²) in [4.78, 5) is 31.8. The first-order valence-corrected chi connectivity index (χ1v) is 13.0. The topological polar surface area (TPSA) is 108 Å². The van der Waals surface area contributed by atoms with Crippen LogP contribution in [0.15, 0.2) is 42.5 Å². The van der Waals surface area contributed by atoms with E-state index in [-0.39, 0.29) is 24.4 Å². The molecule has 3 aromatic rings. The minimum absolute atomic E-state index is 0.00897. The van der Waals surface area contributed by atoms with Gasteiger partial charge in [0.25, 0.3) is 0 Å². The number of nitrogens with zero attached hydrogens (tertiary/aromatic N) is 4. The Balaban J connectivity index is 1.64. The van der Waals surface area contributed by atoms with Crippen molar-refractivity contribution in [1.82, 2.24) is 9.55 Å². The number of carboxylic acid groups (broad SMARTS) is 1. The van der Waals surface area contributed by atoms with Crippen molar-refractivity contribution in [3.63, 3.8) is 0 Å². The molecule has 1 amide bonds. The lowest BCUT2D eigenvalue weighted by Gasteiger charge is -2.34. The second kappa shape index (κ2) is 10.3. The van der Waals surface area contributed by atoms with Gasteiger partial charge < -0.3 is 14.4 Å². The summed E-state index contributed by atoms with van der Waals surface area (Å²) in [6, 6.07) is 15.8. The first kappa shape index (κ1) is 24.8. The molecule has 1 saturated carbocycles. The van der Waals surface area contributed by atoms with Crippen LogP contribution in [0.3, 0.4) is 0 Å². The van der Waals surface area contributed by atoms with E-state index in [0.717, 1.165) is 72.2 Å². The van der Waals surface area contributed by atoms with Crippen LogP contribution in [0.25, 0.3) is 11.0 Å². The molecule has 8 heteroatoms. The van der Waals surface area contributed by atoms with Gasteiger partial charge in [0.2, 0.25) is 0 Å². The van der Waals surface area contributed by atoms with Crippen LogP contribution in [-0.4, -0.2) is 39.9 Å². The summed E-state index contributed by atoms with van der Waals surface area (Å²) in [5, 5.41) is 19.6. The standard InChI is InChI=1S/C29H32N4O4/c1-18-8-13-22-24(32(18)29(36)37-2)14-15-25-27(22)31-26(33(25)21-11-9-19(17-30)10-12-21)16-23(28(34)35)20-6-4-3-5-7-20/h3-7,14-15,18-19,21,23H,8-13,16H2,1-2H3,(H,34,35)/t18-,19?,21?,23-/m0/s1. The highest BCUT2D eigenvalue weighted by molar-refractivity contribution is 5.95. The summed E-state index contributed by atoms with van der Waals surface area (Å²) in [6.07, 6.45) is 4.78. The number of rotatable bonds is 5. The molecule has 2 aromatic carbocycles. The van der Waals surface area contributed by atoms with E-state index in [2.05, 4.69) is 10.6 Å². The number of aromatic nitrogens is 2. The Morgan fingerprint density at radius 2 is 1.86 bits per heavy atom. The Labute approximate surface area is 216 Å². The maximum Gasteiger partial charge on any atom is 0.414 e. The van der Waals surface area contributed by atoms with Crippen LogP contribution in [0, 0.1) is 17.2 Å². The lowest BCUT2D eigenvalue weighted by molar-refractivity contribution is -0.138. The van der Waals surface area contributed by atoms with Crippen molar-refractivity contribution in [3.8, 4) is 6.07 Å². The van der Waals surface area contributed by atoms with Crippen LogP contribution in [0.4, 0.5) is 10.5 Å². The number of methoxy groups -OCH3 is 1. The summed E-state index contributed by atoms with van der Waals surface area (Å²) >= 11 is 0. The number of carbonyl (C=O) groups is 2. The Morgan fingerprint density at radius 3 is 2.51 bits per heavy atom. The number of aryl methyl sites for hydroxylation is 1. The molecule has 192 valence electrons. The number of fused-ring (bicyclic) bond motifs is 3. The predicted octanol–water partition coefficient (Wildman–Crippen LogP) is 5.61. The minimum atomic E-state index is -0.884. The number of hydrogen-bond acceptors (Lipinski definition) is 5. The Morgan fingerprint density at radius 1 is 1.14 bits per heavy atom. The van der Waals surface area contributed by atoms with Crippen molar-refractivity contribution in [2.75, 3.05) is 12.0 Å². The lowest BCUT2D eigenvalue weighted by atomic mass is 9.86. The van der Waals surface area contributed by atoms with Gasteiger partial charge in [-0.15, -0.1) is 0 Å². The van der Waals surface area contributed by atoms with E-state index in [1.165, 1.54) is 7.11 Å². The number of amides is 1. The molecule has 0 saturated heterocycles. The minimum Gasteiger partial charge on any atom is -0.481 e. The van der Waals surface area contributed by atoms with Crippen molar-refractivity contribution in [1.29, 1.82) is 5.26 Å². The number of nitriles is 1. The quantitative estimate of drug-likeness (QED) is 0.488. The third-order valence-electron chi connectivity index (χ3n) is 8.03. The van der Waals surface area contributed by atoms with Crippen LogP contribution in [0.5, 0.6) is 0 Å². The zero-order valence-corrected chi connectivity index (χ0v) is 21.3. The molecule has 1 N–H and O–H groups in total. The normalized spacial score (nSPS) is 22.2. The van der Waals surface area contributed by atoms with Crippen molar-refractivity contribution in [2.45, 2.75) is 69.9 Å². The Kier molecular flexibility index (Phi) is 6.88. The van der Waals surface area contributed by atoms with E-state index in [1.54, 1.807) is 4.90 Å². The van der Waals surface area contributed by atoms with Gasteiger partial charge in [-0.1, -0.05) is 30.3 Å². The largest absolute Gasteiger partial charge is 0.481 e. The van der Waals surface area contributed by atoms with Gasteiger partial charge in [-0.3, -0.25) is 9.69 Å². The Hall–Kier alpha value is -3.86. The van der Waals surface area contributed by atoms with E-state index in [4.69, 9.17) is 9.72 Å². The monoisotopic (exact) mass is 500 g/mol. The molecule has 0 spiro atoms. The van der Waals surface area contributed by atoms with Gasteiger partial charge in [0.05, 0.1) is 35.8 Å². The van der Waals surface area contributed by atoms with Gasteiger partial charge >= 0.3 is 12.1 Å². The van der Waals surface area contributed by atoms with Gasteiger partial charge in [-0.05, 0) is 63.1 Å². The zero-order valence-electron chi connectivity index (χ0n) is 21.3. The van der Waals surface area contributed by atoms with Crippen molar-refractivity contribution in [2.24, 2.45) is 5.92 Å². The molecule has 1 aromatic heterocycles. The number of carbonyl (C=O) groups excluding carboxylic acids is 1. The van der Waals surface area contributed by atoms with E-state index in [0.29, 0.717) is 0 Å². The van der Waals surface area contributed by atoms with E-state index < -0.39 is 18.0 Å².